The van der Waals surface area contributed by atoms with Crippen molar-refractivity contribution in [3.8, 4) is 17.1 Å². The Morgan fingerprint density at radius 3 is 2.52 bits per heavy atom. The van der Waals surface area contributed by atoms with Crippen LogP contribution >= 0.6 is 0 Å². The zero-order valence-electron chi connectivity index (χ0n) is 16.2. The lowest BCUT2D eigenvalue weighted by Gasteiger charge is -2.33. The Kier molecular flexibility index (Phi) is 4.72. The number of ether oxygens (including phenoxy) is 1. The first-order valence-corrected chi connectivity index (χ1v) is 10.2. The number of carbonyl (C=O) groups is 1. The number of likely N-dealkylation sites (tertiary alicyclic amines) is 1. The van der Waals surface area contributed by atoms with Crippen LogP contribution in [-0.2, 0) is 11.2 Å². The van der Waals surface area contributed by atoms with E-state index in [4.69, 9.17) is 9.72 Å². The molecule has 0 bridgehead atoms. The predicted molar refractivity (Wildman–Crippen MR) is 111 cm³/mol. The van der Waals surface area contributed by atoms with Gasteiger partial charge in [0, 0.05) is 42.9 Å². The molecule has 0 N–H and O–H groups in total. The molecule has 5 rings (SSSR count). The maximum Gasteiger partial charge on any atom is 0.263 e. The maximum absolute atomic E-state index is 12.9. The Morgan fingerprint density at radius 2 is 1.72 bits per heavy atom. The Bertz CT molecular complexity index is 988. The maximum atomic E-state index is 12.9. The molecule has 5 heteroatoms. The fourth-order valence-corrected chi connectivity index (χ4v) is 4.25. The van der Waals surface area contributed by atoms with Crippen molar-refractivity contribution in [3.05, 3.63) is 78.1 Å². The van der Waals surface area contributed by atoms with Gasteiger partial charge in [0.05, 0.1) is 0 Å². The summed E-state index contributed by atoms with van der Waals surface area (Å²) in [6.45, 7) is 1.48. The van der Waals surface area contributed by atoms with E-state index in [1.54, 1.807) is 0 Å². The van der Waals surface area contributed by atoms with Gasteiger partial charge in [0.1, 0.15) is 5.75 Å². The molecule has 0 aliphatic carbocycles. The van der Waals surface area contributed by atoms with Gasteiger partial charge in [-0.2, -0.15) is 0 Å². The minimum absolute atomic E-state index is 0.104. The Labute approximate surface area is 170 Å². The van der Waals surface area contributed by atoms with E-state index in [1.807, 2.05) is 71.8 Å². The molecule has 1 unspecified atom stereocenters. The summed E-state index contributed by atoms with van der Waals surface area (Å²) < 4.78 is 5.89. The Balaban J connectivity index is 1.23. The van der Waals surface area contributed by atoms with Gasteiger partial charge < -0.3 is 9.64 Å². The quantitative estimate of drug-likeness (QED) is 0.687. The molecule has 2 aliphatic heterocycles. The van der Waals surface area contributed by atoms with Crippen LogP contribution < -0.4 is 4.74 Å². The number of hydrogen-bond acceptors (Lipinski definition) is 4. The van der Waals surface area contributed by atoms with E-state index in [0.29, 0.717) is 12.3 Å². The van der Waals surface area contributed by atoms with Crippen molar-refractivity contribution >= 4 is 5.91 Å². The fraction of sp³-hybridized carbons (Fsp3) is 0.292. The third kappa shape index (κ3) is 3.60. The lowest BCUT2D eigenvalue weighted by Crippen LogP contribution is -2.45. The zero-order valence-corrected chi connectivity index (χ0v) is 16.2. The van der Waals surface area contributed by atoms with Gasteiger partial charge in [-0.05, 0) is 30.5 Å². The first-order valence-electron chi connectivity index (χ1n) is 10.2. The van der Waals surface area contributed by atoms with Crippen molar-refractivity contribution in [3.63, 3.8) is 0 Å². The highest BCUT2D eigenvalue weighted by Gasteiger charge is 2.34. The molecular weight excluding hydrogens is 362 g/mol. The monoisotopic (exact) mass is 385 g/mol. The van der Waals surface area contributed by atoms with E-state index in [9.17, 15) is 4.79 Å². The van der Waals surface area contributed by atoms with Gasteiger partial charge in [-0.25, -0.2) is 9.97 Å². The molecule has 3 aromatic rings. The van der Waals surface area contributed by atoms with Gasteiger partial charge in [0.15, 0.2) is 11.9 Å². The van der Waals surface area contributed by atoms with E-state index >= 15 is 0 Å². The summed E-state index contributed by atoms with van der Waals surface area (Å²) in [6.07, 6.45) is 3.95. The van der Waals surface area contributed by atoms with E-state index < -0.39 is 0 Å². The molecular formula is C24H23N3O2. The van der Waals surface area contributed by atoms with Crippen molar-refractivity contribution in [2.75, 3.05) is 13.1 Å². The molecule has 29 heavy (non-hydrogen) atoms. The van der Waals surface area contributed by atoms with Crippen LogP contribution in [0.2, 0.25) is 0 Å². The molecule has 1 aromatic heterocycles. The number of carbonyl (C=O) groups excluding carboxylic acids is 1. The second kappa shape index (κ2) is 7.66. The SMILES string of the molecule is O=C(C1Cc2ccccc2O1)N1CCC(c2ccnc(-c3ccccc3)n2)CC1. The first kappa shape index (κ1) is 17.9. The van der Waals surface area contributed by atoms with Crippen LogP contribution in [-0.4, -0.2) is 40.0 Å². The summed E-state index contributed by atoms with van der Waals surface area (Å²) in [4.78, 5) is 24.1. The van der Waals surface area contributed by atoms with Crippen molar-refractivity contribution in [2.45, 2.75) is 31.3 Å². The van der Waals surface area contributed by atoms with Crippen molar-refractivity contribution in [2.24, 2.45) is 0 Å². The molecule has 1 fully saturated rings. The van der Waals surface area contributed by atoms with Gasteiger partial charge in [-0.1, -0.05) is 48.5 Å². The van der Waals surface area contributed by atoms with E-state index in [0.717, 1.165) is 54.3 Å². The number of nitrogens with zero attached hydrogens (tertiary/aromatic N) is 3. The smallest absolute Gasteiger partial charge is 0.263 e. The van der Waals surface area contributed by atoms with Crippen LogP contribution in [0.1, 0.15) is 30.0 Å². The molecule has 2 aromatic carbocycles. The van der Waals surface area contributed by atoms with Gasteiger partial charge in [-0.15, -0.1) is 0 Å². The zero-order chi connectivity index (χ0) is 19.6. The van der Waals surface area contributed by atoms with E-state index in [1.165, 1.54) is 0 Å². The van der Waals surface area contributed by atoms with Crippen LogP contribution in [0.4, 0.5) is 0 Å². The fourth-order valence-electron chi connectivity index (χ4n) is 4.25. The summed E-state index contributed by atoms with van der Waals surface area (Å²) in [5, 5.41) is 0. The summed E-state index contributed by atoms with van der Waals surface area (Å²) >= 11 is 0. The topological polar surface area (TPSA) is 55.3 Å². The second-order valence-corrected chi connectivity index (χ2v) is 7.69. The molecule has 1 atom stereocenters. The van der Waals surface area contributed by atoms with Gasteiger partial charge in [0.25, 0.3) is 5.91 Å². The van der Waals surface area contributed by atoms with Gasteiger partial charge in [-0.3, -0.25) is 4.79 Å². The molecule has 5 nitrogen and oxygen atoms in total. The van der Waals surface area contributed by atoms with Gasteiger partial charge >= 0.3 is 0 Å². The first-order chi connectivity index (χ1) is 14.3. The molecule has 146 valence electrons. The molecule has 0 spiro atoms. The van der Waals surface area contributed by atoms with Crippen LogP contribution in [0, 0.1) is 0 Å². The molecule has 3 heterocycles. The lowest BCUT2D eigenvalue weighted by molar-refractivity contribution is -0.139. The third-order valence-corrected chi connectivity index (χ3v) is 5.86. The molecule has 0 radical (unpaired) electrons. The number of amides is 1. The molecule has 1 saturated heterocycles. The highest BCUT2D eigenvalue weighted by Crippen LogP contribution is 2.31. The van der Waals surface area contributed by atoms with Crippen LogP contribution in [0.5, 0.6) is 5.75 Å². The molecule has 2 aliphatic rings. The number of rotatable bonds is 3. The van der Waals surface area contributed by atoms with Crippen LogP contribution in [0.25, 0.3) is 11.4 Å². The Hall–Kier alpha value is -3.21. The van der Waals surface area contributed by atoms with E-state index in [2.05, 4.69) is 4.98 Å². The normalized spacial score (nSPS) is 18.9. The number of piperidine rings is 1. The van der Waals surface area contributed by atoms with Crippen LogP contribution in [0.3, 0.4) is 0 Å². The molecule has 0 saturated carbocycles. The summed E-state index contributed by atoms with van der Waals surface area (Å²) in [5.74, 6) is 2.06. The number of para-hydroxylation sites is 1. The molecule has 1 amide bonds. The standard InChI is InChI=1S/C24H23N3O2/c28-24(22-16-19-8-4-5-9-21(19)29-22)27-14-11-17(12-15-27)20-10-13-25-23(26-20)18-6-2-1-3-7-18/h1-10,13,17,22H,11-12,14-16H2. The summed E-state index contributed by atoms with van der Waals surface area (Å²) in [5.41, 5.74) is 3.21. The number of benzene rings is 2. The average Bonchev–Trinajstić information content (AvgIpc) is 3.24. The second-order valence-electron chi connectivity index (χ2n) is 7.69. The number of fused-ring (bicyclic) bond motifs is 1. The highest BCUT2D eigenvalue weighted by molar-refractivity contribution is 5.82. The van der Waals surface area contributed by atoms with E-state index in [-0.39, 0.29) is 12.0 Å². The van der Waals surface area contributed by atoms with Crippen molar-refractivity contribution in [1.29, 1.82) is 0 Å². The van der Waals surface area contributed by atoms with Crippen molar-refractivity contribution in [1.82, 2.24) is 14.9 Å². The summed E-state index contributed by atoms with van der Waals surface area (Å²) in [7, 11) is 0. The highest BCUT2D eigenvalue weighted by atomic mass is 16.5. The van der Waals surface area contributed by atoms with Crippen molar-refractivity contribution < 1.29 is 9.53 Å². The largest absolute Gasteiger partial charge is 0.480 e. The minimum Gasteiger partial charge on any atom is -0.480 e. The number of aromatic nitrogens is 2. The summed E-state index contributed by atoms with van der Waals surface area (Å²) in [6, 6.07) is 20.0. The average molecular weight is 385 g/mol. The van der Waals surface area contributed by atoms with Gasteiger partial charge in [0.2, 0.25) is 0 Å². The minimum atomic E-state index is -0.382. The predicted octanol–water partition coefficient (Wildman–Crippen LogP) is 3.85. The Morgan fingerprint density at radius 1 is 0.966 bits per heavy atom. The number of hydrogen-bond donors (Lipinski definition) is 0. The van der Waals surface area contributed by atoms with Crippen LogP contribution in [0.15, 0.2) is 66.9 Å². The third-order valence-electron chi connectivity index (χ3n) is 5.86. The lowest BCUT2D eigenvalue weighted by atomic mass is 9.92.